The Kier molecular flexibility index (Phi) is 6.45. The normalized spacial score (nSPS) is 17.8. The summed E-state index contributed by atoms with van der Waals surface area (Å²) in [6.07, 6.45) is 5.42. The Morgan fingerprint density at radius 1 is 0.882 bits per heavy atom. The van der Waals surface area contributed by atoms with Crippen LogP contribution >= 0.6 is 11.6 Å². The molecule has 0 atom stereocenters. The highest BCUT2D eigenvalue weighted by Gasteiger charge is 2.39. The fraction of sp³-hybridized carbons (Fsp3) is 0.357. The molecule has 0 unspecified atom stereocenters. The first-order valence-electron chi connectivity index (χ1n) is 11.8. The number of rotatable bonds is 5. The van der Waals surface area contributed by atoms with E-state index in [0.29, 0.717) is 0 Å². The van der Waals surface area contributed by atoms with E-state index in [1.165, 1.54) is 17.4 Å². The van der Waals surface area contributed by atoms with Crippen LogP contribution in [0.4, 0.5) is 0 Å². The molecule has 0 aliphatic carbocycles. The van der Waals surface area contributed by atoms with Crippen LogP contribution in [0.15, 0.2) is 66.7 Å². The van der Waals surface area contributed by atoms with Crippen LogP contribution in [0.25, 0.3) is 11.1 Å². The van der Waals surface area contributed by atoms with Crippen LogP contribution in [0.2, 0.25) is 5.02 Å². The van der Waals surface area contributed by atoms with Gasteiger partial charge in [-0.05, 0) is 77.8 Å². The number of hydrogen-bond donors (Lipinski definition) is 0. The van der Waals surface area contributed by atoms with Crippen molar-refractivity contribution in [3.63, 3.8) is 0 Å². The highest BCUT2D eigenvalue weighted by Crippen LogP contribution is 2.41. The Hall–Kier alpha value is -2.34. The molecule has 1 spiro atoms. The molecule has 178 valence electrons. The molecule has 3 aromatic rings. The van der Waals surface area contributed by atoms with Gasteiger partial charge in [-0.2, -0.15) is 0 Å². The van der Waals surface area contributed by atoms with Crippen molar-refractivity contribution >= 4 is 21.4 Å². The third-order valence-electron chi connectivity index (χ3n) is 7.04. The van der Waals surface area contributed by atoms with Crippen molar-refractivity contribution in [1.29, 1.82) is 0 Å². The number of piperidine rings is 1. The molecule has 34 heavy (non-hydrogen) atoms. The Labute approximate surface area is 207 Å². The lowest BCUT2D eigenvalue weighted by atomic mass is 9.82. The average molecular weight is 496 g/mol. The Morgan fingerprint density at radius 2 is 1.53 bits per heavy atom. The number of benzene rings is 3. The predicted octanol–water partition coefficient (Wildman–Crippen LogP) is 5.91. The van der Waals surface area contributed by atoms with Gasteiger partial charge >= 0.3 is 0 Å². The minimum absolute atomic E-state index is 0.0572. The SMILES string of the molecule is CS(=O)(=O)Cc1ccc(-c2ccc3c(c2)CCC2(CCN(Cc4ccc(Cl)cc4)CC2)O3)cc1. The van der Waals surface area contributed by atoms with Crippen molar-refractivity contribution in [2.45, 2.75) is 43.6 Å². The Bertz CT molecular complexity index is 1260. The van der Waals surface area contributed by atoms with Gasteiger partial charge in [-0.15, -0.1) is 0 Å². The molecule has 2 aliphatic rings. The maximum Gasteiger partial charge on any atom is 0.151 e. The zero-order chi connectivity index (χ0) is 23.8. The molecule has 1 fully saturated rings. The average Bonchev–Trinajstić information content (AvgIpc) is 2.81. The summed E-state index contributed by atoms with van der Waals surface area (Å²) in [6.45, 7) is 3.03. The standard InChI is InChI=1S/C28H30ClNO3S/c1-34(31,32)20-22-2-6-23(7-3-22)24-8-11-27-25(18-24)12-13-28(33-27)14-16-30(17-15-28)19-21-4-9-26(29)10-5-21/h2-11,18H,12-17,19-20H2,1H3. The van der Waals surface area contributed by atoms with Crippen molar-refractivity contribution in [1.82, 2.24) is 4.90 Å². The minimum Gasteiger partial charge on any atom is -0.487 e. The van der Waals surface area contributed by atoms with Gasteiger partial charge in [0.25, 0.3) is 0 Å². The first-order valence-corrected chi connectivity index (χ1v) is 14.3. The molecule has 0 saturated carbocycles. The largest absolute Gasteiger partial charge is 0.487 e. The van der Waals surface area contributed by atoms with Gasteiger partial charge in [0, 0.05) is 30.9 Å². The monoisotopic (exact) mass is 495 g/mol. The quantitative estimate of drug-likeness (QED) is 0.441. The fourth-order valence-electron chi connectivity index (χ4n) is 5.12. The number of aryl methyl sites for hydroxylation is 1. The first kappa shape index (κ1) is 23.4. The van der Waals surface area contributed by atoms with Crippen LogP contribution in [0.1, 0.15) is 36.0 Å². The van der Waals surface area contributed by atoms with E-state index in [1.54, 1.807) is 0 Å². The lowest BCUT2D eigenvalue weighted by Gasteiger charge is -2.44. The van der Waals surface area contributed by atoms with Gasteiger partial charge in [-0.25, -0.2) is 8.42 Å². The lowest BCUT2D eigenvalue weighted by Crippen LogP contribution is -2.49. The molecular formula is C28H30ClNO3S. The molecule has 0 amide bonds. The van der Waals surface area contributed by atoms with Crippen LogP contribution in [-0.4, -0.2) is 38.3 Å². The summed E-state index contributed by atoms with van der Waals surface area (Å²) in [6, 6.07) is 22.4. The van der Waals surface area contributed by atoms with Crippen LogP contribution in [0, 0.1) is 0 Å². The van der Waals surface area contributed by atoms with E-state index >= 15 is 0 Å². The second-order valence-corrected chi connectivity index (χ2v) is 12.4. The molecule has 2 aliphatic heterocycles. The van der Waals surface area contributed by atoms with Crippen molar-refractivity contribution in [2.24, 2.45) is 0 Å². The van der Waals surface area contributed by atoms with Gasteiger partial charge in [-0.1, -0.05) is 54.1 Å². The molecule has 2 heterocycles. The minimum atomic E-state index is -3.03. The number of halogens is 1. The molecule has 0 radical (unpaired) electrons. The number of fused-ring (bicyclic) bond motifs is 1. The van der Waals surface area contributed by atoms with E-state index in [-0.39, 0.29) is 11.4 Å². The maximum atomic E-state index is 11.5. The molecule has 4 nitrogen and oxygen atoms in total. The third-order valence-corrected chi connectivity index (χ3v) is 8.15. The molecule has 0 aromatic heterocycles. The van der Waals surface area contributed by atoms with Crippen LogP contribution < -0.4 is 4.74 Å². The van der Waals surface area contributed by atoms with E-state index in [4.69, 9.17) is 16.3 Å². The molecule has 0 N–H and O–H groups in total. The summed E-state index contributed by atoms with van der Waals surface area (Å²) in [5.74, 6) is 1.08. The van der Waals surface area contributed by atoms with Crippen molar-refractivity contribution in [2.75, 3.05) is 19.3 Å². The van der Waals surface area contributed by atoms with E-state index in [1.807, 2.05) is 36.4 Å². The van der Waals surface area contributed by atoms with Gasteiger partial charge in [0.15, 0.2) is 9.84 Å². The molecule has 6 heteroatoms. The highest BCUT2D eigenvalue weighted by atomic mass is 35.5. The smallest absolute Gasteiger partial charge is 0.151 e. The Balaban J connectivity index is 1.23. The maximum absolute atomic E-state index is 11.5. The summed E-state index contributed by atoms with van der Waals surface area (Å²) in [5.41, 5.74) is 5.55. The van der Waals surface area contributed by atoms with Gasteiger partial charge < -0.3 is 4.74 Å². The van der Waals surface area contributed by atoms with Crippen molar-refractivity contribution in [3.8, 4) is 16.9 Å². The Morgan fingerprint density at radius 3 is 2.21 bits per heavy atom. The first-order chi connectivity index (χ1) is 16.3. The fourth-order valence-corrected chi connectivity index (χ4v) is 6.04. The van der Waals surface area contributed by atoms with Crippen molar-refractivity contribution in [3.05, 3.63) is 88.4 Å². The molecule has 1 saturated heterocycles. The van der Waals surface area contributed by atoms with Crippen molar-refractivity contribution < 1.29 is 13.2 Å². The van der Waals surface area contributed by atoms with E-state index in [9.17, 15) is 8.42 Å². The zero-order valence-corrected chi connectivity index (χ0v) is 21.0. The van der Waals surface area contributed by atoms with Crippen LogP contribution in [0.5, 0.6) is 5.75 Å². The van der Waals surface area contributed by atoms with Gasteiger partial charge in [0.05, 0.1) is 5.75 Å². The number of likely N-dealkylation sites (tertiary alicyclic amines) is 1. The molecular weight excluding hydrogens is 466 g/mol. The lowest BCUT2D eigenvalue weighted by molar-refractivity contribution is -0.0163. The topological polar surface area (TPSA) is 46.6 Å². The van der Waals surface area contributed by atoms with Crippen LogP contribution in [-0.2, 0) is 28.6 Å². The second-order valence-electron chi connectivity index (χ2n) is 9.78. The number of sulfone groups is 1. The molecule has 0 bridgehead atoms. The summed E-state index contributed by atoms with van der Waals surface area (Å²) in [4.78, 5) is 2.50. The summed E-state index contributed by atoms with van der Waals surface area (Å²) >= 11 is 6.01. The molecule has 5 rings (SSSR count). The predicted molar refractivity (Wildman–Crippen MR) is 138 cm³/mol. The molecule has 3 aromatic carbocycles. The van der Waals surface area contributed by atoms with E-state index in [2.05, 4.69) is 35.2 Å². The third kappa shape index (κ3) is 5.48. The number of ether oxygens (including phenoxy) is 1. The van der Waals surface area contributed by atoms with E-state index < -0.39 is 9.84 Å². The summed E-state index contributed by atoms with van der Waals surface area (Å²) < 4.78 is 29.7. The van der Waals surface area contributed by atoms with Gasteiger partial charge in [-0.3, -0.25) is 4.90 Å². The van der Waals surface area contributed by atoms with E-state index in [0.717, 1.165) is 72.8 Å². The zero-order valence-electron chi connectivity index (χ0n) is 19.5. The number of nitrogens with zero attached hydrogens (tertiary/aromatic N) is 1. The van der Waals surface area contributed by atoms with Crippen LogP contribution in [0.3, 0.4) is 0 Å². The highest BCUT2D eigenvalue weighted by molar-refractivity contribution is 7.89. The summed E-state index contributed by atoms with van der Waals surface area (Å²) in [7, 11) is -3.03. The summed E-state index contributed by atoms with van der Waals surface area (Å²) in [5, 5.41) is 0.780. The number of hydrogen-bond acceptors (Lipinski definition) is 4. The van der Waals surface area contributed by atoms with Gasteiger partial charge in [0.2, 0.25) is 0 Å². The van der Waals surface area contributed by atoms with Gasteiger partial charge in [0.1, 0.15) is 11.4 Å². The second kappa shape index (κ2) is 9.37.